The number of carbonyl (C=O) groups excluding carboxylic acids is 3. The van der Waals surface area contributed by atoms with E-state index in [2.05, 4.69) is 28.8 Å². The lowest BCUT2D eigenvalue weighted by Gasteiger charge is -2.42. The number of carbonyl (C=O) groups is 3. The number of nitrogens with one attached hydrogen (secondary N) is 2. The number of nitrogens with zero attached hydrogens (tertiary/aromatic N) is 1. The lowest BCUT2D eigenvalue weighted by molar-refractivity contribution is -0.139. The summed E-state index contributed by atoms with van der Waals surface area (Å²) in [6, 6.07) is 5.81. The normalized spacial score (nSPS) is 26.3. The maximum Gasteiger partial charge on any atom is 0.325 e. The quantitative estimate of drug-likeness (QED) is 0.745. The number of rotatable bonds is 4. The summed E-state index contributed by atoms with van der Waals surface area (Å²) in [5.41, 5.74) is 2.98. The van der Waals surface area contributed by atoms with Gasteiger partial charge in [-0.2, -0.15) is 0 Å². The van der Waals surface area contributed by atoms with Crippen molar-refractivity contribution in [2.45, 2.75) is 77.3 Å². The van der Waals surface area contributed by atoms with Crippen LogP contribution in [0.4, 0.5) is 4.79 Å². The first-order valence-electron chi connectivity index (χ1n) is 11.4. The largest absolute Gasteiger partial charge is 0.348 e. The van der Waals surface area contributed by atoms with Gasteiger partial charge in [-0.3, -0.25) is 14.5 Å². The summed E-state index contributed by atoms with van der Waals surface area (Å²) in [7, 11) is 0. The minimum absolute atomic E-state index is 0.0696. The number of amides is 4. The molecule has 0 unspecified atom stereocenters. The molecule has 2 N–H and O–H groups in total. The predicted octanol–water partition coefficient (Wildman–Crippen LogP) is 3.49. The van der Waals surface area contributed by atoms with Gasteiger partial charge < -0.3 is 10.6 Å². The van der Waals surface area contributed by atoms with Crippen molar-refractivity contribution < 1.29 is 14.4 Å². The van der Waals surface area contributed by atoms with Gasteiger partial charge in [0.05, 0.1) is 6.04 Å². The van der Waals surface area contributed by atoms with E-state index in [-0.39, 0.29) is 36.2 Å². The third-order valence-electron chi connectivity index (χ3n) is 7.54. The molecule has 1 aliphatic heterocycles. The van der Waals surface area contributed by atoms with Crippen molar-refractivity contribution in [3.63, 3.8) is 0 Å². The molecule has 2 fully saturated rings. The SMILES string of the molecule is C[C@H](NC(=O)CN1C(=O)NC2(C1=O)[C@@H](C)CCC[C@@H]2C)c1ccc2c(c1)CCCC2. The Morgan fingerprint density at radius 1 is 1.13 bits per heavy atom. The summed E-state index contributed by atoms with van der Waals surface area (Å²) < 4.78 is 0. The Morgan fingerprint density at radius 3 is 2.50 bits per heavy atom. The second kappa shape index (κ2) is 8.05. The number of hydrogen-bond donors (Lipinski definition) is 2. The maximum atomic E-state index is 13.2. The molecule has 1 spiro atoms. The van der Waals surface area contributed by atoms with Crippen molar-refractivity contribution in [3.05, 3.63) is 34.9 Å². The van der Waals surface area contributed by atoms with E-state index in [4.69, 9.17) is 0 Å². The van der Waals surface area contributed by atoms with Crippen LogP contribution in [0.2, 0.25) is 0 Å². The van der Waals surface area contributed by atoms with Crippen LogP contribution in [0.25, 0.3) is 0 Å². The minimum atomic E-state index is -0.861. The number of hydrogen-bond acceptors (Lipinski definition) is 3. The second-order valence-corrected chi connectivity index (χ2v) is 9.45. The molecule has 6 heteroatoms. The molecule has 0 radical (unpaired) electrons. The minimum Gasteiger partial charge on any atom is -0.348 e. The summed E-state index contributed by atoms with van der Waals surface area (Å²) in [6.45, 7) is 5.76. The first kappa shape index (κ1) is 20.9. The van der Waals surface area contributed by atoms with Crippen molar-refractivity contribution in [2.75, 3.05) is 6.54 Å². The van der Waals surface area contributed by atoms with Gasteiger partial charge in [-0.15, -0.1) is 0 Å². The molecular weight excluding hydrogens is 378 g/mol. The monoisotopic (exact) mass is 411 g/mol. The fourth-order valence-corrected chi connectivity index (χ4v) is 5.63. The van der Waals surface area contributed by atoms with Gasteiger partial charge in [0.25, 0.3) is 5.91 Å². The number of imide groups is 1. The fourth-order valence-electron chi connectivity index (χ4n) is 5.63. The standard InChI is InChI=1S/C24H33N3O3/c1-15-7-6-8-16(2)24(15)22(29)27(23(30)26-24)14-21(28)25-17(3)19-12-11-18-9-4-5-10-20(18)13-19/h11-13,15-17H,4-10,14H2,1-3H3,(H,25,28)(H,26,30)/t15-,16-,17-/m0/s1. The molecule has 162 valence electrons. The van der Waals surface area contributed by atoms with Crippen molar-refractivity contribution in [1.29, 1.82) is 0 Å². The second-order valence-electron chi connectivity index (χ2n) is 9.45. The van der Waals surface area contributed by atoms with Crippen LogP contribution in [-0.4, -0.2) is 34.8 Å². The van der Waals surface area contributed by atoms with Gasteiger partial charge in [-0.05, 0) is 74.0 Å². The molecule has 0 aromatic heterocycles. The van der Waals surface area contributed by atoms with Crippen LogP contribution in [0, 0.1) is 11.8 Å². The highest BCUT2D eigenvalue weighted by Crippen LogP contribution is 2.42. The average Bonchev–Trinajstić information content (AvgIpc) is 2.97. The van der Waals surface area contributed by atoms with E-state index in [9.17, 15) is 14.4 Å². The van der Waals surface area contributed by atoms with Gasteiger partial charge >= 0.3 is 6.03 Å². The zero-order valence-electron chi connectivity index (χ0n) is 18.3. The van der Waals surface area contributed by atoms with E-state index in [1.54, 1.807) is 0 Å². The van der Waals surface area contributed by atoms with Gasteiger partial charge in [0.1, 0.15) is 12.1 Å². The highest BCUT2D eigenvalue weighted by Gasteiger charge is 2.58. The molecule has 1 aromatic rings. The Labute approximate surface area is 178 Å². The molecule has 6 nitrogen and oxygen atoms in total. The van der Waals surface area contributed by atoms with Gasteiger partial charge in [-0.25, -0.2) is 4.79 Å². The molecule has 3 aliphatic rings. The highest BCUT2D eigenvalue weighted by molar-refractivity contribution is 6.09. The summed E-state index contributed by atoms with van der Waals surface area (Å²) in [6.07, 6.45) is 7.54. The van der Waals surface area contributed by atoms with Crippen LogP contribution in [0.15, 0.2) is 18.2 Å². The molecule has 1 saturated heterocycles. The highest BCUT2D eigenvalue weighted by atomic mass is 16.2. The first-order chi connectivity index (χ1) is 14.3. The van der Waals surface area contributed by atoms with Crippen LogP contribution in [0.1, 0.15) is 75.6 Å². The summed E-state index contributed by atoms with van der Waals surface area (Å²) in [5.74, 6) is -0.416. The van der Waals surface area contributed by atoms with Crippen LogP contribution in [0.3, 0.4) is 0 Å². The molecule has 1 aromatic carbocycles. The summed E-state index contributed by atoms with van der Waals surface area (Å²) in [4.78, 5) is 39.7. The Morgan fingerprint density at radius 2 is 1.80 bits per heavy atom. The fraction of sp³-hybridized carbons (Fsp3) is 0.625. The molecule has 30 heavy (non-hydrogen) atoms. The van der Waals surface area contributed by atoms with Gasteiger partial charge in [0, 0.05) is 0 Å². The van der Waals surface area contributed by atoms with Crippen molar-refractivity contribution >= 4 is 17.8 Å². The summed E-state index contributed by atoms with van der Waals surface area (Å²) in [5, 5.41) is 5.92. The van der Waals surface area contributed by atoms with Crippen LogP contribution >= 0.6 is 0 Å². The molecule has 3 atom stereocenters. The maximum absolute atomic E-state index is 13.2. The lowest BCUT2D eigenvalue weighted by Crippen LogP contribution is -2.59. The number of urea groups is 1. The third-order valence-corrected chi connectivity index (χ3v) is 7.54. The van der Waals surface area contributed by atoms with E-state index >= 15 is 0 Å². The lowest BCUT2D eigenvalue weighted by atomic mass is 9.67. The Hall–Kier alpha value is -2.37. The molecule has 2 aliphatic carbocycles. The Bertz CT molecular complexity index is 855. The molecule has 4 amide bonds. The van der Waals surface area contributed by atoms with Crippen LogP contribution in [-0.2, 0) is 22.4 Å². The molecule has 4 rings (SSSR count). The summed E-state index contributed by atoms with van der Waals surface area (Å²) >= 11 is 0. The molecule has 1 heterocycles. The van der Waals surface area contributed by atoms with E-state index < -0.39 is 11.6 Å². The number of aryl methyl sites for hydroxylation is 2. The van der Waals surface area contributed by atoms with E-state index in [0.29, 0.717) is 0 Å². The van der Waals surface area contributed by atoms with E-state index in [0.717, 1.165) is 42.6 Å². The van der Waals surface area contributed by atoms with Crippen molar-refractivity contribution in [3.8, 4) is 0 Å². The number of fused-ring (bicyclic) bond motifs is 1. The molecule has 1 saturated carbocycles. The zero-order valence-corrected chi connectivity index (χ0v) is 18.3. The van der Waals surface area contributed by atoms with E-state index in [1.165, 1.54) is 24.0 Å². The average molecular weight is 412 g/mol. The van der Waals surface area contributed by atoms with Gasteiger partial charge in [0.2, 0.25) is 5.91 Å². The molecule has 0 bridgehead atoms. The third kappa shape index (κ3) is 3.50. The number of benzene rings is 1. The predicted molar refractivity (Wildman–Crippen MR) is 115 cm³/mol. The van der Waals surface area contributed by atoms with Gasteiger partial charge in [-0.1, -0.05) is 38.5 Å². The topological polar surface area (TPSA) is 78.5 Å². The zero-order chi connectivity index (χ0) is 21.5. The van der Waals surface area contributed by atoms with Crippen LogP contribution in [0.5, 0.6) is 0 Å². The Balaban J connectivity index is 1.42. The van der Waals surface area contributed by atoms with Crippen molar-refractivity contribution in [1.82, 2.24) is 15.5 Å². The molecular formula is C24H33N3O3. The first-order valence-corrected chi connectivity index (χ1v) is 11.4. The smallest absolute Gasteiger partial charge is 0.325 e. The van der Waals surface area contributed by atoms with E-state index in [1.807, 2.05) is 20.8 Å². The van der Waals surface area contributed by atoms with Gasteiger partial charge in [0.15, 0.2) is 0 Å². The van der Waals surface area contributed by atoms with Crippen LogP contribution < -0.4 is 10.6 Å². The Kier molecular flexibility index (Phi) is 5.60. The van der Waals surface area contributed by atoms with Crippen molar-refractivity contribution in [2.24, 2.45) is 11.8 Å².